The second-order valence-electron chi connectivity index (χ2n) is 9.13. The van der Waals surface area contributed by atoms with E-state index in [9.17, 15) is 0 Å². The quantitative estimate of drug-likeness (QED) is 0.342. The maximum absolute atomic E-state index is 9.09. The summed E-state index contributed by atoms with van der Waals surface area (Å²) in [5.41, 5.74) is 7.18. The third-order valence-electron chi connectivity index (χ3n) is 6.41. The van der Waals surface area contributed by atoms with Gasteiger partial charge in [-0.2, -0.15) is 25.5 Å². The van der Waals surface area contributed by atoms with Gasteiger partial charge < -0.3 is 20.9 Å². The van der Waals surface area contributed by atoms with Gasteiger partial charge in [-0.1, -0.05) is 12.1 Å². The van der Waals surface area contributed by atoms with Crippen LogP contribution in [-0.2, 0) is 0 Å². The number of nitrogens with zero attached hydrogens (tertiary/aromatic N) is 6. The molecule has 0 spiro atoms. The van der Waals surface area contributed by atoms with Gasteiger partial charge in [0.15, 0.2) is 0 Å². The number of hydrogen-bond donors (Lipinski definition) is 3. The number of anilines is 5. The topological polar surface area (TPSA) is 126 Å². The predicted molar refractivity (Wildman–Crippen MR) is 149 cm³/mol. The van der Waals surface area contributed by atoms with E-state index in [1.807, 2.05) is 36.4 Å². The number of rotatable bonds is 6. The van der Waals surface area contributed by atoms with Crippen molar-refractivity contribution in [3.8, 4) is 23.3 Å². The largest absolute Gasteiger partial charge is 0.338 e. The van der Waals surface area contributed by atoms with Crippen LogP contribution >= 0.6 is 0 Å². The van der Waals surface area contributed by atoms with Crippen LogP contribution in [0.4, 0.5) is 29.2 Å². The van der Waals surface area contributed by atoms with Gasteiger partial charge in [0, 0.05) is 37.6 Å². The number of nitriles is 2. The number of aryl methyl sites for hydroxylation is 2. The fourth-order valence-corrected chi connectivity index (χ4v) is 4.42. The van der Waals surface area contributed by atoms with Crippen LogP contribution in [0.15, 0.2) is 60.7 Å². The molecular weight excluding hydrogens is 474 g/mol. The zero-order valence-corrected chi connectivity index (χ0v) is 21.3. The van der Waals surface area contributed by atoms with Gasteiger partial charge in [0.1, 0.15) is 0 Å². The van der Waals surface area contributed by atoms with Crippen molar-refractivity contribution in [2.24, 2.45) is 0 Å². The molecule has 1 aliphatic heterocycles. The molecule has 9 nitrogen and oxygen atoms in total. The highest BCUT2D eigenvalue weighted by Gasteiger charge is 2.17. The number of piperazine rings is 1. The average Bonchev–Trinajstić information content (AvgIpc) is 2.95. The summed E-state index contributed by atoms with van der Waals surface area (Å²) in [4.78, 5) is 16.2. The van der Waals surface area contributed by atoms with E-state index in [-0.39, 0.29) is 0 Å². The van der Waals surface area contributed by atoms with Crippen molar-refractivity contribution < 1.29 is 0 Å². The van der Waals surface area contributed by atoms with Crippen molar-refractivity contribution in [2.75, 3.05) is 41.7 Å². The molecule has 2 heterocycles. The fraction of sp³-hybridized carbons (Fsp3) is 0.207. The lowest BCUT2D eigenvalue weighted by Crippen LogP contribution is -2.44. The van der Waals surface area contributed by atoms with E-state index in [0.29, 0.717) is 29.0 Å². The minimum Gasteiger partial charge on any atom is -0.338 e. The Balaban J connectivity index is 1.46. The Kier molecular flexibility index (Phi) is 7.12. The minimum absolute atomic E-state index is 0.422. The first-order valence-corrected chi connectivity index (χ1v) is 12.4. The minimum atomic E-state index is 0.422. The highest BCUT2D eigenvalue weighted by Crippen LogP contribution is 2.31. The maximum Gasteiger partial charge on any atom is 0.233 e. The van der Waals surface area contributed by atoms with Crippen molar-refractivity contribution in [1.29, 1.82) is 10.5 Å². The van der Waals surface area contributed by atoms with Crippen molar-refractivity contribution in [1.82, 2.24) is 20.3 Å². The van der Waals surface area contributed by atoms with Crippen LogP contribution in [0.25, 0.3) is 11.1 Å². The summed E-state index contributed by atoms with van der Waals surface area (Å²) in [6.45, 7) is 7.44. The van der Waals surface area contributed by atoms with Gasteiger partial charge in [-0.25, -0.2) is 0 Å². The molecule has 0 saturated carbocycles. The van der Waals surface area contributed by atoms with Crippen LogP contribution in [0.5, 0.6) is 0 Å². The van der Waals surface area contributed by atoms with Crippen LogP contribution in [0.1, 0.15) is 22.3 Å². The van der Waals surface area contributed by atoms with Gasteiger partial charge in [-0.3, -0.25) is 0 Å². The third-order valence-corrected chi connectivity index (χ3v) is 6.41. The van der Waals surface area contributed by atoms with E-state index in [1.165, 1.54) is 0 Å². The number of hydrogen-bond acceptors (Lipinski definition) is 9. The monoisotopic (exact) mass is 501 g/mol. The molecular formula is C29H27N9. The van der Waals surface area contributed by atoms with Gasteiger partial charge in [0.05, 0.1) is 23.3 Å². The second-order valence-corrected chi connectivity index (χ2v) is 9.13. The molecule has 4 aromatic rings. The molecule has 3 N–H and O–H groups in total. The third kappa shape index (κ3) is 5.54. The summed E-state index contributed by atoms with van der Waals surface area (Å²) in [5, 5.41) is 28.2. The molecule has 188 valence electrons. The highest BCUT2D eigenvalue weighted by atomic mass is 15.3. The molecule has 5 rings (SSSR count). The number of aromatic nitrogens is 3. The van der Waals surface area contributed by atoms with Crippen molar-refractivity contribution in [3.63, 3.8) is 0 Å². The Morgan fingerprint density at radius 2 is 1.29 bits per heavy atom. The summed E-state index contributed by atoms with van der Waals surface area (Å²) >= 11 is 0. The van der Waals surface area contributed by atoms with Gasteiger partial charge in [-0.05, 0) is 84.6 Å². The number of nitrogens with one attached hydrogen (secondary N) is 3. The zero-order valence-electron chi connectivity index (χ0n) is 21.3. The Hall–Kier alpha value is -4.99. The lowest BCUT2D eigenvalue weighted by atomic mass is 9.98. The van der Waals surface area contributed by atoms with Crippen molar-refractivity contribution >= 4 is 29.2 Å². The number of benzene rings is 3. The normalized spacial score (nSPS) is 12.9. The van der Waals surface area contributed by atoms with Gasteiger partial charge >= 0.3 is 0 Å². The van der Waals surface area contributed by atoms with Crippen LogP contribution in [0.2, 0.25) is 0 Å². The fourth-order valence-electron chi connectivity index (χ4n) is 4.42. The molecule has 0 atom stereocenters. The molecule has 0 aliphatic carbocycles. The van der Waals surface area contributed by atoms with Crippen LogP contribution in [0, 0.1) is 36.5 Å². The Bertz CT molecular complexity index is 1500. The molecule has 9 heteroatoms. The smallest absolute Gasteiger partial charge is 0.233 e. The summed E-state index contributed by atoms with van der Waals surface area (Å²) in [6.07, 6.45) is 0. The molecule has 1 aromatic heterocycles. The standard InChI is InChI=1S/C29H27N9/c1-19-15-24(23-7-3-21(17-30)4-8-23)16-20(2)26(19)34-28-35-27(33-25-9-5-22(18-31)6-10-25)36-29(37-28)38-13-11-32-12-14-38/h3-10,15-16,32H,11-14H2,1-2H3,(H2,33,34,35,36,37). The average molecular weight is 502 g/mol. The Labute approximate surface area is 221 Å². The molecule has 1 saturated heterocycles. The van der Waals surface area contributed by atoms with E-state index in [4.69, 9.17) is 15.5 Å². The molecule has 38 heavy (non-hydrogen) atoms. The van der Waals surface area contributed by atoms with E-state index in [1.54, 1.807) is 12.1 Å². The predicted octanol–water partition coefficient (Wildman–Crippen LogP) is 4.80. The molecule has 0 amide bonds. The van der Waals surface area contributed by atoms with Gasteiger partial charge in [-0.15, -0.1) is 0 Å². The van der Waals surface area contributed by atoms with Gasteiger partial charge in [0.2, 0.25) is 17.8 Å². The van der Waals surface area contributed by atoms with Crippen LogP contribution in [0.3, 0.4) is 0 Å². The van der Waals surface area contributed by atoms with Crippen LogP contribution < -0.4 is 20.9 Å². The zero-order chi connectivity index (χ0) is 26.5. The Morgan fingerprint density at radius 1 is 0.737 bits per heavy atom. The SMILES string of the molecule is Cc1cc(-c2ccc(C#N)cc2)cc(C)c1Nc1nc(Nc2ccc(C#N)cc2)nc(N2CCNCC2)n1. The Morgan fingerprint density at radius 3 is 1.87 bits per heavy atom. The summed E-state index contributed by atoms with van der Waals surface area (Å²) in [6, 6.07) is 23.3. The van der Waals surface area contributed by atoms with Gasteiger partial charge in [0.25, 0.3) is 0 Å². The molecule has 3 aromatic carbocycles. The second kappa shape index (κ2) is 11.0. The first kappa shape index (κ1) is 24.7. The molecule has 0 unspecified atom stereocenters. The van der Waals surface area contributed by atoms with E-state index in [2.05, 4.69) is 68.9 Å². The molecule has 0 bridgehead atoms. The first-order valence-electron chi connectivity index (χ1n) is 12.4. The summed E-state index contributed by atoms with van der Waals surface area (Å²) < 4.78 is 0. The molecule has 0 radical (unpaired) electrons. The van der Waals surface area contributed by atoms with Crippen molar-refractivity contribution in [3.05, 3.63) is 82.9 Å². The van der Waals surface area contributed by atoms with Crippen LogP contribution in [-0.4, -0.2) is 41.1 Å². The summed E-state index contributed by atoms with van der Waals surface area (Å²) in [7, 11) is 0. The first-order chi connectivity index (χ1) is 18.5. The van der Waals surface area contributed by atoms with Crippen molar-refractivity contribution in [2.45, 2.75) is 13.8 Å². The molecule has 1 fully saturated rings. The lowest BCUT2D eigenvalue weighted by Gasteiger charge is -2.27. The van der Waals surface area contributed by atoms with E-state index >= 15 is 0 Å². The summed E-state index contributed by atoms with van der Waals surface area (Å²) in [5.74, 6) is 1.47. The maximum atomic E-state index is 9.09. The lowest BCUT2D eigenvalue weighted by molar-refractivity contribution is 0.579. The van der Waals surface area contributed by atoms with E-state index < -0.39 is 0 Å². The highest BCUT2D eigenvalue weighted by molar-refractivity contribution is 5.74. The van der Waals surface area contributed by atoms with E-state index in [0.717, 1.165) is 59.8 Å². The molecule has 1 aliphatic rings.